The number of benzene rings is 1. The summed E-state index contributed by atoms with van der Waals surface area (Å²) in [6, 6.07) is 7.33. The first-order valence-electron chi connectivity index (χ1n) is 4.40. The van der Waals surface area contributed by atoms with E-state index >= 15 is 0 Å². The van der Waals surface area contributed by atoms with Crippen molar-refractivity contribution in [2.45, 2.75) is 6.61 Å². The Bertz CT molecular complexity index is 361. The standard InChI is InChI=1S/C11H11ClO3/c12-10-4-1-3-9(7-10)8-15-6-2-5-11(13)14/h1-5,7H,6,8H2,(H,13,14)/b5-2+. The highest BCUT2D eigenvalue weighted by atomic mass is 35.5. The number of aliphatic carboxylic acids is 1. The minimum atomic E-state index is -0.971. The van der Waals surface area contributed by atoms with Crippen molar-refractivity contribution in [3.05, 3.63) is 47.0 Å². The lowest BCUT2D eigenvalue weighted by atomic mass is 10.2. The van der Waals surface area contributed by atoms with Gasteiger partial charge in [-0.2, -0.15) is 0 Å². The van der Waals surface area contributed by atoms with Gasteiger partial charge in [0.05, 0.1) is 13.2 Å². The minimum Gasteiger partial charge on any atom is -0.478 e. The molecule has 3 nitrogen and oxygen atoms in total. The van der Waals surface area contributed by atoms with Crippen LogP contribution < -0.4 is 0 Å². The Morgan fingerprint density at radius 1 is 1.53 bits per heavy atom. The molecule has 0 radical (unpaired) electrons. The van der Waals surface area contributed by atoms with E-state index in [1.54, 1.807) is 6.07 Å². The summed E-state index contributed by atoms with van der Waals surface area (Å²) in [7, 11) is 0. The average Bonchev–Trinajstić information content (AvgIpc) is 2.17. The van der Waals surface area contributed by atoms with Crippen LogP contribution in [0.1, 0.15) is 5.56 Å². The zero-order valence-electron chi connectivity index (χ0n) is 8.02. The predicted octanol–water partition coefficient (Wildman–Crippen LogP) is 2.50. The minimum absolute atomic E-state index is 0.277. The van der Waals surface area contributed by atoms with Crippen molar-refractivity contribution >= 4 is 17.6 Å². The summed E-state index contributed by atoms with van der Waals surface area (Å²) in [5.74, 6) is -0.971. The van der Waals surface area contributed by atoms with Gasteiger partial charge in [-0.1, -0.05) is 29.8 Å². The Balaban J connectivity index is 2.29. The third-order valence-corrected chi connectivity index (χ3v) is 1.87. The van der Waals surface area contributed by atoms with Crippen molar-refractivity contribution in [1.29, 1.82) is 0 Å². The van der Waals surface area contributed by atoms with Crippen LogP contribution in [0.3, 0.4) is 0 Å². The summed E-state index contributed by atoms with van der Waals surface area (Å²) >= 11 is 5.78. The van der Waals surface area contributed by atoms with Crippen LogP contribution in [-0.2, 0) is 16.1 Å². The zero-order chi connectivity index (χ0) is 11.1. The fourth-order valence-electron chi connectivity index (χ4n) is 1.02. The van der Waals surface area contributed by atoms with Gasteiger partial charge in [0.2, 0.25) is 0 Å². The van der Waals surface area contributed by atoms with Gasteiger partial charge in [-0.3, -0.25) is 0 Å². The average molecular weight is 227 g/mol. The van der Waals surface area contributed by atoms with Crippen molar-refractivity contribution in [2.24, 2.45) is 0 Å². The molecular formula is C11H11ClO3. The van der Waals surface area contributed by atoms with Crippen molar-refractivity contribution in [2.75, 3.05) is 6.61 Å². The number of carbonyl (C=O) groups is 1. The van der Waals surface area contributed by atoms with Gasteiger partial charge in [-0.15, -0.1) is 0 Å². The van der Waals surface area contributed by atoms with Crippen LogP contribution in [0, 0.1) is 0 Å². The normalized spacial score (nSPS) is 10.7. The lowest BCUT2D eigenvalue weighted by Gasteiger charge is -2.01. The zero-order valence-corrected chi connectivity index (χ0v) is 8.78. The van der Waals surface area contributed by atoms with E-state index in [4.69, 9.17) is 21.4 Å². The van der Waals surface area contributed by atoms with E-state index < -0.39 is 5.97 Å². The molecule has 4 heteroatoms. The van der Waals surface area contributed by atoms with Crippen LogP contribution in [0.2, 0.25) is 5.02 Å². The number of hydrogen-bond donors (Lipinski definition) is 1. The lowest BCUT2D eigenvalue weighted by Crippen LogP contribution is -1.94. The van der Waals surface area contributed by atoms with E-state index in [9.17, 15) is 4.79 Å². The second-order valence-electron chi connectivity index (χ2n) is 2.89. The second-order valence-corrected chi connectivity index (χ2v) is 3.32. The maximum absolute atomic E-state index is 10.1. The van der Waals surface area contributed by atoms with Gasteiger partial charge in [-0.25, -0.2) is 4.79 Å². The van der Waals surface area contributed by atoms with Crippen LogP contribution in [0.5, 0.6) is 0 Å². The third kappa shape index (κ3) is 5.20. The Morgan fingerprint density at radius 2 is 2.33 bits per heavy atom. The number of halogens is 1. The first kappa shape index (κ1) is 11.8. The number of hydrogen-bond acceptors (Lipinski definition) is 2. The summed E-state index contributed by atoms with van der Waals surface area (Å²) in [5.41, 5.74) is 0.964. The molecule has 0 aromatic heterocycles. The Labute approximate surface area is 92.9 Å². The first-order chi connectivity index (χ1) is 7.18. The van der Waals surface area contributed by atoms with Gasteiger partial charge >= 0.3 is 5.97 Å². The van der Waals surface area contributed by atoms with Crippen molar-refractivity contribution in [1.82, 2.24) is 0 Å². The highest BCUT2D eigenvalue weighted by Gasteiger charge is 1.93. The van der Waals surface area contributed by atoms with E-state index in [1.807, 2.05) is 18.2 Å². The monoisotopic (exact) mass is 226 g/mol. The molecule has 0 aliphatic rings. The molecule has 15 heavy (non-hydrogen) atoms. The van der Waals surface area contributed by atoms with Crippen molar-refractivity contribution in [3.63, 3.8) is 0 Å². The Kier molecular flexibility index (Phi) is 4.87. The summed E-state index contributed by atoms with van der Waals surface area (Å²) in [4.78, 5) is 10.1. The van der Waals surface area contributed by atoms with Gasteiger partial charge < -0.3 is 9.84 Å². The third-order valence-electron chi connectivity index (χ3n) is 1.63. The summed E-state index contributed by atoms with van der Waals surface area (Å²) < 4.78 is 5.22. The number of rotatable bonds is 5. The topological polar surface area (TPSA) is 46.5 Å². The maximum Gasteiger partial charge on any atom is 0.328 e. The van der Waals surface area contributed by atoms with Crippen LogP contribution in [0.25, 0.3) is 0 Å². The van der Waals surface area contributed by atoms with Crippen LogP contribution >= 0.6 is 11.6 Å². The predicted molar refractivity (Wildman–Crippen MR) is 57.9 cm³/mol. The molecule has 0 aliphatic heterocycles. The van der Waals surface area contributed by atoms with Crippen molar-refractivity contribution in [3.8, 4) is 0 Å². The van der Waals surface area contributed by atoms with E-state index in [2.05, 4.69) is 0 Å². The molecule has 1 rings (SSSR count). The largest absolute Gasteiger partial charge is 0.478 e. The van der Waals surface area contributed by atoms with Crippen LogP contribution in [-0.4, -0.2) is 17.7 Å². The molecule has 1 aromatic carbocycles. The molecule has 0 atom stereocenters. The fraction of sp³-hybridized carbons (Fsp3) is 0.182. The SMILES string of the molecule is O=C(O)/C=C/COCc1cccc(Cl)c1. The summed E-state index contributed by atoms with van der Waals surface area (Å²) in [5, 5.41) is 8.97. The molecule has 0 amide bonds. The summed E-state index contributed by atoms with van der Waals surface area (Å²) in [6.45, 7) is 0.698. The molecule has 1 N–H and O–H groups in total. The van der Waals surface area contributed by atoms with E-state index in [1.165, 1.54) is 6.08 Å². The van der Waals surface area contributed by atoms with Crippen molar-refractivity contribution < 1.29 is 14.6 Å². The maximum atomic E-state index is 10.1. The van der Waals surface area contributed by atoms with E-state index in [0.29, 0.717) is 11.6 Å². The van der Waals surface area contributed by atoms with Gasteiger partial charge in [-0.05, 0) is 17.7 Å². The summed E-state index contributed by atoms with van der Waals surface area (Å²) in [6.07, 6.45) is 2.50. The van der Waals surface area contributed by atoms with Gasteiger partial charge in [0.25, 0.3) is 0 Å². The highest BCUT2D eigenvalue weighted by molar-refractivity contribution is 6.30. The molecule has 0 bridgehead atoms. The van der Waals surface area contributed by atoms with E-state index in [-0.39, 0.29) is 6.61 Å². The molecule has 0 aliphatic carbocycles. The molecule has 0 saturated carbocycles. The second kappa shape index (κ2) is 6.22. The van der Waals surface area contributed by atoms with Gasteiger partial charge in [0.1, 0.15) is 0 Å². The van der Waals surface area contributed by atoms with Crippen LogP contribution in [0.4, 0.5) is 0 Å². The molecule has 80 valence electrons. The molecule has 0 unspecified atom stereocenters. The Morgan fingerprint density at radius 3 is 3.00 bits per heavy atom. The number of ether oxygens (including phenoxy) is 1. The molecule has 0 saturated heterocycles. The number of carboxylic acids is 1. The highest BCUT2D eigenvalue weighted by Crippen LogP contribution is 2.11. The smallest absolute Gasteiger partial charge is 0.328 e. The fourth-order valence-corrected chi connectivity index (χ4v) is 1.23. The van der Waals surface area contributed by atoms with E-state index in [0.717, 1.165) is 11.6 Å². The van der Waals surface area contributed by atoms with Crippen LogP contribution in [0.15, 0.2) is 36.4 Å². The Hall–Kier alpha value is -1.32. The quantitative estimate of drug-likeness (QED) is 0.620. The molecule has 0 fully saturated rings. The number of carboxylic acid groups (broad SMARTS) is 1. The first-order valence-corrected chi connectivity index (χ1v) is 4.78. The molecule has 0 heterocycles. The molecular weight excluding hydrogens is 216 g/mol. The molecule has 1 aromatic rings. The molecule has 0 spiro atoms. The van der Waals surface area contributed by atoms with Gasteiger partial charge in [0.15, 0.2) is 0 Å². The van der Waals surface area contributed by atoms with Gasteiger partial charge in [0, 0.05) is 11.1 Å². The lowest BCUT2D eigenvalue weighted by molar-refractivity contribution is -0.131.